The van der Waals surface area contributed by atoms with Crippen LogP contribution in [0.5, 0.6) is 0 Å². The number of hydrogen-bond acceptors (Lipinski definition) is 1. The fourth-order valence-electron chi connectivity index (χ4n) is 1.20. The largest absolute Gasteiger partial charge is 0.320 e. The van der Waals surface area contributed by atoms with Crippen molar-refractivity contribution in [2.24, 2.45) is 0 Å². The van der Waals surface area contributed by atoms with Crippen LogP contribution in [0.25, 0.3) is 0 Å². The standard InChI is InChI=1S/C8H13NO.ClH/c1-2-9-7-5-3-4-6-8(9)10;/h2H,1,3-7H2;1H. The van der Waals surface area contributed by atoms with Gasteiger partial charge in [0, 0.05) is 13.0 Å². The number of nitrogens with zero attached hydrogens (tertiary/aromatic N) is 1. The summed E-state index contributed by atoms with van der Waals surface area (Å²) in [4.78, 5) is 12.8. The van der Waals surface area contributed by atoms with Crippen LogP contribution in [0.15, 0.2) is 12.8 Å². The van der Waals surface area contributed by atoms with Crippen LogP contribution >= 0.6 is 12.4 Å². The van der Waals surface area contributed by atoms with Crippen molar-refractivity contribution in [2.45, 2.75) is 25.7 Å². The van der Waals surface area contributed by atoms with Gasteiger partial charge in [0.1, 0.15) is 0 Å². The molecule has 0 unspecified atom stereocenters. The quantitative estimate of drug-likeness (QED) is 0.597. The van der Waals surface area contributed by atoms with Crippen LogP contribution in [0.2, 0.25) is 0 Å². The van der Waals surface area contributed by atoms with Gasteiger partial charge < -0.3 is 4.90 Å². The lowest BCUT2D eigenvalue weighted by Crippen LogP contribution is -2.23. The van der Waals surface area contributed by atoms with Crippen LogP contribution in [0.3, 0.4) is 0 Å². The van der Waals surface area contributed by atoms with E-state index in [9.17, 15) is 4.79 Å². The van der Waals surface area contributed by atoms with Crippen molar-refractivity contribution < 1.29 is 4.79 Å². The van der Waals surface area contributed by atoms with Gasteiger partial charge in [0.15, 0.2) is 0 Å². The summed E-state index contributed by atoms with van der Waals surface area (Å²) in [5, 5.41) is 0. The molecule has 0 atom stereocenters. The van der Waals surface area contributed by atoms with Gasteiger partial charge in [-0.3, -0.25) is 4.79 Å². The van der Waals surface area contributed by atoms with E-state index in [0.717, 1.165) is 19.4 Å². The number of likely N-dealkylation sites (tertiary alicyclic amines) is 1. The third-order valence-corrected chi connectivity index (χ3v) is 1.83. The Kier molecular flexibility index (Phi) is 4.95. The molecule has 0 aromatic heterocycles. The van der Waals surface area contributed by atoms with E-state index in [1.54, 1.807) is 11.1 Å². The highest BCUT2D eigenvalue weighted by Crippen LogP contribution is 2.10. The monoisotopic (exact) mass is 175 g/mol. The molecular formula is C8H14ClNO. The zero-order chi connectivity index (χ0) is 7.40. The molecule has 0 spiro atoms. The Labute approximate surface area is 73.7 Å². The number of amides is 1. The molecule has 0 aromatic carbocycles. The number of carbonyl (C=O) groups excluding carboxylic acids is 1. The Morgan fingerprint density at radius 3 is 2.73 bits per heavy atom. The smallest absolute Gasteiger partial charge is 0.226 e. The van der Waals surface area contributed by atoms with Crippen molar-refractivity contribution in [3.05, 3.63) is 12.8 Å². The van der Waals surface area contributed by atoms with Crippen LogP contribution in [0.1, 0.15) is 25.7 Å². The molecular weight excluding hydrogens is 162 g/mol. The first-order valence-corrected chi connectivity index (χ1v) is 3.76. The third-order valence-electron chi connectivity index (χ3n) is 1.83. The molecule has 1 fully saturated rings. The Morgan fingerprint density at radius 1 is 1.36 bits per heavy atom. The second-order valence-corrected chi connectivity index (χ2v) is 2.58. The van der Waals surface area contributed by atoms with Gasteiger partial charge in [-0.05, 0) is 19.0 Å². The van der Waals surface area contributed by atoms with E-state index in [1.807, 2.05) is 0 Å². The normalized spacial score (nSPS) is 18.5. The highest BCUT2D eigenvalue weighted by molar-refractivity contribution is 5.85. The van der Waals surface area contributed by atoms with Crippen molar-refractivity contribution in [1.29, 1.82) is 0 Å². The van der Waals surface area contributed by atoms with Crippen molar-refractivity contribution in [3.8, 4) is 0 Å². The first-order valence-electron chi connectivity index (χ1n) is 3.76. The Balaban J connectivity index is 0.000001000. The summed E-state index contributed by atoms with van der Waals surface area (Å²) in [7, 11) is 0. The van der Waals surface area contributed by atoms with Gasteiger partial charge in [0.2, 0.25) is 5.91 Å². The Morgan fingerprint density at radius 2 is 2.09 bits per heavy atom. The van der Waals surface area contributed by atoms with Crippen LogP contribution in [-0.4, -0.2) is 17.4 Å². The molecule has 0 bridgehead atoms. The van der Waals surface area contributed by atoms with Gasteiger partial charge in [-0.15, -0.1) is 12.4 Å². The second kappa shape index (κ2) is 5.19. The van der Waals surface area contributed by atoms with E-state index in [2.05, 4.69) is 6.58 Å². The number of carbonyl (C=O) groups is 1. The predicted octanol–water partition coefficient (Wildman–Crippen LogP) is 1.95. The molecule has 0 saturated carbocycles. The SMILES string of the molecule is C=CN1CCCCCC1=O.Cl. The minimum atomic E-state index is 0. The highest BCUT2D eigenvalue weighted by atomic mass is 35.5. The molecule has 1 aliphatic rings. The molecule has 64 valence electrons. The van der Waals surface area contributed by atoms with Crippen molar-refractivity contribution in [1.82, 2.24) is 4.90 Å². The summed E-state index contributed by atoms with van der Waals surface area (Å²) in [6.45, 7) is 4.44. The van der Waals surface area contributed by atoms with Crippen molar-refractivity contribution in [2.75, 3.05) is 6.54 Å². The summed E-state index contributed by atoms with van der Waals surface area (Å²) >= 11 is 0. The molecule has 11 heavy (non-hydrogen) atoms. The Hall–Kier alpha value is -0.500. The van der Waals surface area contributed by atoms with Gasteiger partial charge in [-0.1, -0.05) is 13.0 Å². The van der Waals surface area contributed by atoms with Gasteiger partial charge in [-0.2, -0.15) is 0 Å². The van der Waals surface area contributed by atoms with E-state index in [4.69, 9.17) is 0 Å². The molecule has 1 saturated heterocycles. The van der Waals surface area contributed by atoms with Crippen LogP contribution in [-0.2, 0) is 4.79 Å². The van der Waals surface area contributed by atoms with E-state index in [-0.39, 0.29) is 18.3 Å². The van der Waals surface area contributed by atoms with Gasteiger partial charge in [0.25, 0.3) is 0 Å². The molecule has 0 radical (unpaired) electrons. The second-order valence-electron chi connectivity index (χ2n) is 2.58. The summed E-state index contributed by atoms with van der Waals surface area (Å²) in [6.07, 6.45) is 5.68. The summed E-state index contributed by atoms with van der Waals surface area (Å²) in [5.74, 6) is 0.229. The average Bonchev–Trinajstić information content (AvgIpc) is 2.13. The van der Waals surface area contributed by atoms with Gasteiger partial charge >= 0.3 is 0 Å². The Bertz CT molecular complexity index is 147. The lowest BCUT2D eigenvalue weighted by Gasteiger charge is -2.13. The molecule has 1 heterocycles. The number of halogens is 1. The molecule has 1 rings (SSSR count). The van der Waals surface area contributed by atoms with Crippen molar-refractivity contribution >= 4 is 18.3 Å². The summed E-state index contributed by atoms with van der Waals surface area (Å²) < 4.78 is 0. The molecule has 0 N–H and O–H groups in total. The minimum Gasteiger partial charge on any atom is -0.320 e. The molecule has 0 aliphatic carbocycles. The highest BCUT2D eigenvalue weighted by Gasteiger charge is 2.12. The first-order chi connectivity index (χ1) is 4.84. The molecule has 3 heteroatoms. The molecule has 2 nitrogen and oxygen atoms in total. The summed E-state index contributed by atoms with van der Waals surface area (Å²) in [6, 6.07) is 0. The molecule has 1 aliphatic heterocycles. The van der Waals surface area contributed by atoms with Gasteiger partial charge in [-0.25, -0.2) is 0 Å². The maximum atomic E-state index is 11.1. The van der Waals surface area contributed by atoms with E-state index in [1.165, 1.54) is 6.42 Å². The molecule has 0 aromatic rings. The zero-order valence-electron chi connectivity index (χ0n) is 6.58. The number of rotatable bonds is 1. The van der Waals surface area contributed by atoms with E-state index < -0.39 is 0 Å². The van der Waals surface area contributed by atoms with Gasteiger partial charge in [0.05, 0.1) is 0 Å². The predicted molar refractivity (Wildman–Crippen MR) is 47.6 cm³/mol. The maximum absolute atomic E-state index is 11.1. The van der Waals surface area contributed by atoms with Crippen LogP contribution in [0, 0.1) is 0 Å². The fourth-order valence-corrected chi connectivity index (χ4v) is 1.20. The maximum Gasteiger partial charge on any atom is 0.226 e. The minimum absolute atomic E-state index is 0. The lowest BCUT2D eigenvalue weighted by atomic mass is 10.2. The van der Waals surface area contributed by atoms with E-state index in [0.29, 0.717) is 6.42 Å². The zero-order valence-corrected chi connectivity index (χ0v) is 7.40. The van der Waals surface area contributed by atoms with Crippen LogP contribution in [0.4, 0.5) is 0 Å². The van der Waals surface area contributed by atoms with Crippen LogP contribution < -0.4 is 0 Å². The molecule has 1 amide bonds. The topological polar surface area (TPSA) is 20.3 Å². The van der Waals surface area contributed by atoms with E-state index >= 15 is 0 Å². The summed E-state index contributed by atoms with van der Waals surface area (Å²) in [5.41, 5.74) is 0. The lowest BCUT2D eigenvalue weighted by molar-refractivity contribution is -0.128. The number of hydrogen-bond donors (Lipinski definition) is 0. The third kappa shape index (κ3) is 2.93. The first kappa shape index (κ1) is 10.5. The fraction of sp³-hybridized carbons (Fsp3) is 0.625. The average molecular weight is 176 g/mol. The van der Waals surface area contributed by atoms with Crippen molar-refractivity contribution in [3.63, 3.8) is 0 Å².